The Morgan fingerprint density at radius 2 is 1.96 bits per heavy atom. The van der Waals surface area contributed by atoms with Crippen molar-refractivity contribution in [2.45, 2.75) is 37.3 Å². The van der Waals surface area contributed by atoms with Gasteiger partial charge in [0.25, 0.3) is 5.91 Å². The molecule has 142 valence electrons. The number of likely N-dealkylation sites (N-methyl/N-ethyl adjacent to an activating group) is 2. The Labute approximate surface area is 150 Å². The minimum atomic E-state index is -0.433. The van der Waals surface area contributed by atoms with Gasteiger partial charge >= 0.3 is 0 Å². The largest absolute Gasteiger partial charge is 0.368 e. The van der Waals surface area contributed by atoms with E-state index in [0.29, 0.717) is 19.7 Å². The fourth-order valence-electron chi connectivity index (χ4n) is 4.25. The highest BCUT2D eigenvalue weighted by Gasteiger charge is 2.50. The maximum absolute atomic E-state index is 13.2. The van der Waals surface area contributed by atoms with E-state index in [0.717, 1.165) is 51.9 Å². The molecule has 1 atom stereocenters. The number of piperazine rings is 1. The van der Waals surface area contributed by atoms with E-state index in [1.165, 1.54) is 0 Å². The van der Waals surface area contributed by atoms with Crippen LogP contribution in [0.5, 0.6) is 0 Å². The topological polar surface area (TPSA) is 56.3 Å². The number of ether oxygens (including phenoxy) is 1. The lowest BCUT2D eigenvalue weighted by Crippen LogP contribution is -2.68. The molecule has 0 bridgehead atoms. The minimum absolute atomic E-state index is 0.114. The first-order valence-corrected chi connectivity index (χ1v) is 9.50. The number of amides is 2. The summed E-state index contributed by atoms with van der Waals surface area (Å²) in [5.41, 5.74) is -0.433. The van der Waals surface area contributed by atoms with Crippen LogP contribution in [0.3, 0.4) is 0 Å². The first-order chi connectivity index (χ1) is 11.9. The number of likely N-dealkylation sites (tertiary alicyclic amines) is 1. The minimum Gasteiger partial charge on any atom is -0.368 e. The summed E-state index contributed by atoms with van der Waals surface area (Å²) in [4.78, 5) is 34.0. The molecule has 0 radical (unpaired) electrons. The number of rotatable bonds is 4. The smallest absolute Gasteiger partial charge is 0.251 e. The van der Waals surface area contributed by atoms with Crippen molar-refractivity contribution in [1.29, 1.82) is 0 Å². The fraction of sp³-hybridized carbons (Fsp3) is 0.889. The third-order valence-corrected chi connectivity index (χ3v) is 6.05. The maximum atomic E-state index is 13.2. The normalized spacial score (nSPS) is 27.5. The summed E-state index contributed by atoms with van der Waals surface area (Å²) in [6.07, 6.45) is 2.98. The van der Waals surface area contributed by atoms with Crippen molar-refractivity contribution in [3.63, 3.8) is 0 Å². The van der Waals surface area contributed by atoms with Crippen LogP contribution < -0.4 is 0 Å². The average molecular weight is 352 g/mol. The quantitative estimate of drug-likeness (QED) is 0.705. The molecule has 0 aromatic rings. The zero-order valence-electron chi connectivity index (χ0n) is 15.9. The zero-order chi connectivity index (χ0) is 18.0. The molecule has 3 saturated heterocycles. The van der Waals surface area contributed by atoms with Gasteiger partial charge in [0.2, 0.25) is 5.91 Å². The van der Waals surface area contributed by atoms with Crippen molar-refractivity contribution in [3.8, 4) is 0 Å². The molecule has 0 N–H and O–H groups in total. The van der Waals surface area contributed by atoms with Crippen molar-refractivity contribution < 1.29 is 14.3 Å². The SMILES string of the molecule is CN(C)CCN1CCN(C)C2(CCN(C(=O)[C@H]3CCCO3)CC2)C1=O. The average Bonchev–Trinajstić information content (AvgIpc) is 3.14. The van der Waals surface area contributed by atoms with Gasteiger partial charge in [-0.2, -0.15) is 0 Å². The van der Waals surface area contributed by atoms with Gasteiger partial charge in [0.1, 0.15) is 11.6 Å². The van der Waals surface area contributed by atoms with Gasteiger partial charge in [-0.15, -0.1) is 0 Å². The Bertz CT molecular complexity index is 497. The van der Waals surface area contributed by atoms with Crippen LogP contribution in [0.15, 0.2) is 0 Å². The molecule has 3 aliphatic rings. The van der Waals surface area contributed by atoms with Crippen LogP contribution in [0.4, 0.5) is 0 Å². The van der Waals surface area contributed by atoms with Crippen LogP contribution in [0.2, 0.25) is 0 Å². The highest BCUT2D eigenvalue weighted by molar-refractivity contribution is 5.88. The fourth-order valence-corrected chi connectivity index (χ4v) is 4.25. The number of hydrogen-bond donors (Lipinski definition) is 0. The van der Waals surface area contributed by atoms with E-state index in [2.05, 4.69) is 16.8 Å². The second kappa shape index (κ2) is 7.60. The second-order valence-electron chi connectivity index (χ2n) is 7.88. The van der Waals surface area contributed by atoms with Crippen LogP contribution >= 0.6 is 0 Å². The van der Waals surface area contributed by atoms with Crippen molar-refractivity contribution in [1.82, 2.24) is 19.6 Å². The zero-order valence-corrected chi connectivity index (χ0v) is 15.9. The Balaban J connectivity index is 1.62. The van der Waals surface area contributed by atoms with Crippen molar-refractivity contribution >= 4 is 11.8 Å². The molecule has 1 spiro atoms. The summed E-state index contributed by atoms with van der Waals surface area (Å²) in [6.45, 7) is 5.35. The van der Waals surface area contributed by atoms with Gasteiger partial charge in [-0.3, -0.25) is 14.5 Å². The number of carbonyl (C=O) groups is 2. The predicted molar refractivity (Wildman–Crippen MR) is 95.3 cm³/mol. The molecule has 3 aliphatic heterocycles. The van der Waals surface area contributed by atoms with Gasteiger partial charge in [-0.05, 0) is 46.8 Å². The highest BCUT2D eigenvalue weighted by Crippen LogP contribution is 2.33. The van der Waals surface area contributed by atoms with Crippen molar-refractivity contribution in [3.05, 3.63) is 0 Å². The van der Waals surface area contributed by atoms with Gasteiger partial charge in [0.05, 0.1) is 0 Å². The lowest BCUT2D eigenvalue weighted by atomic mass is 9.82. The molecule has 2 amide bonds. The third kappa shape index (κ3) is 3.68. The predicted octanol–water partition coefficient (Wildman–Crippen LogP) is -0.138. The summed E-state index contributed by atoms with van der Waals surface area (Å²) in [6, 6.07) is 0. The molecule has 3 heterocycles. The summed E-state index contributed by atoms with van der Waals surface area (Å²) < 4.78 is 5.54. The third-order valence-electron chi connectivity index (χ3n) is 6.05. The number of hydrogen-bond acceptors (Lipinski definition) is 5. The van der Waals surface area contributed by atoms with Gasteiger partial charge in [-0.25, -0.2) is 0 Å². The molecule has 3 rings (SSSR count). The number of carbonyl (C=O) groups excluding carboxylic acids is 2. The van der Waals surface area contributed by atoms with E-state index in [-0.39, 0.29) is 17.9 Å². The maximum Gasteiger partial charge on any atom is 0.251 e. The second-order valence-corrected chi connectivity index (χ2v) is 7.88. The molecule has 0 aliphatic carbocycles. The molecular weight excluding hydrogens is 320 g/mol. The molecule has 3 fully saturated rings. The number of nitrogens with zero attached hydrogens (tertiary/aromatic N) is 4. The van der Waals surface area contributed by atoms with E-state index in [1.807, 2.05) is 23.9 Å². The summed E-state index contributed by atoms with van der Waals surface area (Å²) in [5.74, 6) is 0.357. The van der Waals surface area contributed by atoms with E-state index in [4.69, 9.17) is 4.74 Å². The van der Waals surface area contributed by atoms with Crippen molar-refractivity contribution in [2.24, 2.45) is 0 Å². The Morgan fingerprint density at radius 3 is 2.56 bits per heavy atom. The van der Waals surface area contributed by atoms with Crippen LogP contribution in [0.25, 0.3) is 0 Å². The molecular formula is C18H32N4O3. The van der Waals surface area contributed by atoms with Gasteiger partial charge in [-0.1, -0.05) is 0 Å². The Hall–Kier alpha value is -1.18. The van der Waals surface area contributed by atoms with Crippen LogP contribution in [-0.2, 0) is 14.3 Å². The van der Waals surface area contributed by atoms with E-state index >= 15 is 0 Å². The monoisotopic (exact) mass is 352 g/mol. The molecule has 7 nitrogen and oxygen atoms in total. The van der Waals surface area contributed by atoms with E-state index < -0.39 is 5.54 Å². The van der Waals surface area contributed by atoms with Crippen LogP contribution in [-0.4, -0.2) is 110 Å². The molecule has 0 aromatic carbocycles. The molecule has 0 unspecified atom stereocenters. The highest BCUT2D eigenvalue weighted by atomic mass is 16.5. The van der Waals surface area contributed by atoms with Gasteiger partial charge < -0.3 is 19.4 Å². The Kier molecular flexibility index (Phi) is 5.65. The van der Waals surface area contributed by atoms with Crippen LogP contribution in [0, 0.1) is 0 Å². The lowest BCUT2D eigenvalue weighted by Gasteiger charge is -2.51. The molecule has 7 heteroatoms. The first-order valence-electron chi connectivity index (χ1n) is 9.50. The summed E-state index contributed by atoms with van der Waals surface area (Å²) in [7, 11) is 6.12. The molecule has 0 saturated carbocycles. The molecule has 25 heavy (non-hydrogen) atoms. The van der Waals surface area contributed by atoms with Crippen LogP contribution in [0.1, 0.15) is 25.7 Å². The molecule has 0 aromatic heterocycles. The first kappa shape index (κ1) is 18.6. The standard InChI is InChI=1S/C18H32N4O3/c1-19(2)10-12-22-13-11-20(3)18(17(22)24)6-8-21(9-7-18)16(23)15-5-4-14-25-15/h15H,4-14H2,1-3H3/t15-/m1/s1. The lowest BCUT2D eigenvalue weighted by molar-refractivity contribution is -0.158. The Morgan fingerprint density at radius 1 is 1.24 bits per heavy atom. The van der Waals surface area contributed by atoms with Crippen molar-refractivity contribution in [2.75, 3.05) is 67.0 Å². The summed E-state index contributed by atoms with van der Waals surface area (Å²) in [5, 5.41) is 0. The number of piperidine rings is 1. The van der Waals surface area contributed by atoms with Gasteiger partial charge in [0, 0.05) is 45.9 Å². The van der Waals surface area contributed by atoms with E-state index in [1.54, 1.807) is 0 Å². The van der Waals surface area contributed by atoms with E-state index in [9.17, 15) is 9.59 Å². The van der Waals surface area contributed by atoms with Gasteiger partial charge in [0.15, 0.2) is 0 Å². The summed E-state index contributed by atoms with van der Waals surface area (Å²) >= 11 is 0.